The molecule has 1 aromatic carbocycles. The van der Waals surface area contributed by atoms with Gasteiger partial charge in [0.25, 0.3) is 5.91 Å². The fourth-order valence-electron chi connectivity index (χ4n) is 1.91. The number of carbonyl (C=O) groups is 1. The number of aromatic amines is 1. The SMILES string of the molecule is O=C(N/N=C\C=C\c1ccccc1)c1cc(-c2ccco2)[nH]n1. The second-order valence-corrected chi connectivity index (χ2v) is 4.63. The van der Waals surface area contributed by atoms with E-state index in [0.29, 0.717) is 11.5 Å². The number of hydrogen-bond donors (Lipinski definition) is 2. The Morgan fingerprint density at radius 1 is 1.22 bits per heavy atom. The predicted molar refractivity (Wildman–Crippen MR) is 87.7 cm³/mol. The molecule has 2 N–H and O–H groups in total. The van der Waals surface area contributed by atoms with Gasteiger partial charge < -0.3 is 4.42 Å². The van der Waals surface area contributed by atoms with Crippen LogP contribution in [0.2, 0.25) is 0 Å². The van der Waals surface area contributed by atoms with E-state index in [1.807, 2.05) is 36.4 Å². The van der Waals surface area contributed by atoms with Gasteiger partial charge in [-0.2, -0.15) is 10.2 Å². The fourth-order valence-corrected chi connectivity index (χ4v) is 1.91. The first-order chi connectivity index (χ1) is 11.3. The van der Waals surface area contributed by atoms with E-state index in [-0.39, 0.29) is 5.69 Å². The van der Waals surface area contributed by atoms with E-state index >= 15 is 0 Å². The van der Waals surface area contributed by atoms with Crippen LogP contribution in [0.15, 0.2) is 70.4 Å². The molecule has 1 amide bonds. The minimum absolute atomic E-state index is 0.237. The van der Waals surface area contributed by atoms with Gasteiger partial charge in [0.15, 0.2) is 11.5 Å². The van der Waals surface area contributed by atoms with Crippen LogP contribution in [0.3, 0.4) is 0 Å². The highest BCUT2D eigenvalue weighted by molar-refractivity contribution is 5.93. The zero-order valence-electron chi connectivity index (χ0n) is 12.1. The number of carbonyl (C=O) groups excluding carboxylic acids is 1. The van der Waals surface area contributed by atoms with Gasteiger partial charge in [-0.25, -0.2) is 5.43 Å². The smallest absolute Gasteiger partial charge is 0.291 e. The van der Waals surface area contributed by atoms with E-state index in [2.05, 4.69) is 20.7 Å². The van der Waals surface area contributed by atoms with Gasteiger partial charge in [-0.15, -0.1) is 0 Å². The van der Waals surface area contributed by atoms with Crippen LogP contribution < -0.4 is 5.43 Å². The molecule has 6 nitrogen and oxygen atoms in total. The van der Waals surface area contributed by atoms with Gasteiger partial charge in [-0.05, 0) is 23.8 Å². The van der Waals surface area contributed by atoms with E-state index in [9.17, 15) is 4.79 Å². The Balaban J connectivity index is 1.55. The Bertz CT molecular complexity index is 817. The van der Waals surface area contributed by atoms with E-state index < -0.39 is 5.91 Å². The van der Waals surface area contributed by atoms with E-state index in [1.165, 1.54) is 6.21 Å². The van der Waals surface area contributed by atoms with Crippen LogP contribution in [-0.4, -0.2) is 22.3 Å². The number of H-pyrrole nitrogens is 1. The molecule has 3 rings (SSSR count). The maximum Gasteiger partial charge on any atom is 0.291 e. The first-order valence-corrected chi connectivity index (χ1v) is 6.97. The molecule has 0 radical (unpaired) electrons. The van der Waals surface area contributed by atoms with Gasteiger partial charge in [-0.3, -0.25) is 9.89 Å². The standard InChI is InChI=1S/C17H14N4O2/c22-17(15-12-14(19-20-15)16-9-5-11-23-16)21-18-10-4-8-13-6-2-1-3-7-13/h1-12H,(H,19,20)(H,21,22)/b8-4+,18-10-. The second kappa shape index (κ2) is 7.04. The summed E-state index contributed by atoms with van der Waals surface area (Å²) in [4.78, 5) is 11.9. The molecule has 0 fully saturated rings. The molecule has 23 heavy (non-hydrogen) atoms. The summed E-state index contributed by atoms with van der Waals surface area (Å²) >= 11 is 0. The van der Waals surface area contributed by atoms with Gasteiger partial charge in [0.05, 0.1) is 6.26 Å². The summed E-state index contributed by atoms with van der Waals surface area (Å²) in [5.74, 6) is 0.217. The Hall–Kier alpha value is -3.41. The Morgan fingerprint density at radius 3 is 2.87 bits per heavy atom. The average Bonchev–Trinajstić information content (AvgIpc) is 3.26. The molecule has 0 aliphatic rings. The zero-order chi connectivity index (χ0) is 15.9. The first-order valence-electron chi connectivity index (χ1n) is 6.97. The molecule has 0 atom stereocenters. The number of aromatic nitrogens is 2. The lowest BCUT2D eigenvalue weighted by atomic mass is 10.2. The van der Waals surface area contributed by atoms with Gasteiger partial charge in [-0.1, -0.05) is 36.4 Å². The van der Waals surface area contributed by atoms with E-state index in [1.54, 1.807) is 30.5 Å². The van der Waals surface area contributed by atoms with Crippen LogP contribution in [0.5, 0.6) is 0 Å². The Morgan fingerprint density at radius 2 is 2.09 bits per heavy atom. The number of nitrogens with one attached hydrogen (secondary N) is 2. The van der Waals surface area contributed by atoms with Crippen molar-refractivity contribution < 1.29 is 9.21 Å². The first kappa shape index (κ1) is 14.5. The quantitative estimate of drug-likeness (QED) is 0.561. The van der Waals surface area contributed by atoms with Crippen LogP contribution in [0.1, 0.15) is 16.1 Å². The highest BCUT2D eigenvalue weighted by atomic mass is 16.3. The lowest BCUT2D eigenvalue weighted by Gasteiger charge is -1.93. The lowest BCUT2D eigenvalue weighted by Crippen LogP contribution is -2.17. The van der Waals surface area contributed by atoms with Crippen molar-refractivity contribution in [1.29, 1.82) is 0 Å². The van der Waals surface area contributed by atoms with Gasteiger partial charge in [0.2, 0.25) is 0 Å². The second-order valence-electron chi connectivity index (χ2n) is 4.63. The van der Waals surface area contributed by atoms with E-state index in [4.69, 9.17) is 4.42 Å². The van der Waals surface area contributed by atoms with Crippen molar-refractivity contribution in [3.8, 4) is 11.5 Å². The number of allylic oxidation sites excluding steroid dienone is 1. The summed E-state index contributed by atoms with van der Waals surface area (Å²) < 4.78 is 5.23. The maximum atomic E-state index is 11.9. The van der Waals surface area contributed by atoms with Crippen molar-refractivity contribution in [2.75, 3.05) is 0 Å². The van der Waals surface area contributed by atoms with Crippen LogP contribution in [0.25, 0.3) is 17.5 Å². The van der Waals surface area contributed by atoms with E-state index in [0.717, 1.165) is 5.56 Å². The third-order valence-electron chi connectivity index (χ3n) is 3.01. The molecule has 0 spiro atoms. The number of furan rings is 1. The fraction of sp³-hybridized carbons (Fsp3) is 0. The molecular formula is C17H14N4O2. The van der Waals surface area contributed by atoms with Crippen molar-refractivity contribution >= 4 is 18.2 Å². The van der Waals surface area contributed by atoms with Crippen LogP contribution >= 0.6 is 0 Å². The van der Waals surface area contributed by atoms with Crippen molar-refractivity contribution in [2.45, 2.75) is 0 Å². The normalized spacial score (nSPS) is 11.3. The molecule has 114 valence electrons. The number of amides is 1. The van der Waals surface area contributed by atoms with Crippen molar-refractivity contribution in [2.24, 2.45) is 5.10 Å². The summed E-state index contributed by atoms with van der Waals surface area (Å²) in [5, 5.41) is 10.5. The molecule has 0 saturated carbocycles. The molecule has 2 heterocycles. The van der Waals surface area contributed by atoms with Gasteiger partial charge >= 0.3 is 0 Å². The lowest BCUT2D eigenvalue weighted by molar-refractivity contribution is 0.0950. The van der Waals surface area contributed by atoms with Crippen molar-refractivity contribution in [3.05, 3.63) is 72.1 Å². The Kier molecular flexibility index (Phi) is 4.44. The highest BCUT2D eigenvalue weighted by Crippen LogP contribution is 2.17. The summed E-state index contributed by atoms with van der Waals surface area (Å²) in [6.45, 7) is 0. The highest BCUT2D eigenvalue weighted by Gasteiger charge is 2.11. The number of hydrogen-bond acceptors (Lipinski definition) is 4. The predicted octanol–water partition coefficient (Wildman–Crippen LogP) is 3.10. The van der Waals surface area contributed by atoms with Crippen LogP contribution in [-0.2, 0) is 0 Å². The molecule has 0 saturated heterocycles. The molecule has 2 aromatic heterocycles. The number of nitrogens with zero attached hydrogens (tertiary/aromatic N) is 2. The zero-order valence-corrected chi connectivity index (χ0v) is 12.1. The largest absolute Gasteiger partial charge is 0.463 e. The third-order valence-corrected chi connectivity index (χ3v) is 3.01. The molecule has 0 unspecified atom stereocenters. The molecule has 3 aromatic rings. The Labute approximate surface area is 132 Å². The molecule has 0 aliphatic carbocycles. The monoisotopic (exact) mass is 306 g/mol. The molecule has 6 heteroatoms. The summed E-state index contributed by atoms with van der Waals surface area (Å²) in [7, 11) is 0. The van der Waals surface area contributed by atoms with Crippen molar-refractivity contribution in [1.82, 2.24) is 15.6 Å². The summed E-state index contributed by atoms with van der Waals surface area (Å²) in [6.07, 6.45) is 6.69. The molecule has 0 bridgehead atoms. The van der Waals surface area contributed by atoms with Crippen molar-refractivity contribution in [3.63, 3.8) is 0 Å². The van der Waals surface area contributed by atoms with Crippen LogP contribution in [0, 0.1) is 0 Å². The topological polar surface area (TPSA) is 83.3 Å². The minimum Gasteiger partial charge on any atom is -0.463 e. The summed E-state index contributed by atoms with van der Waals surface area (Å²) in [5.41, 5.74) is 4.34. The maximum absolute atomic E-state index is 11.9. The van der Waals surface area contributed by atoms with Gasteiger partial charge in [0.1, 0.15) is 5.69 Å². The summed E-state index contributed by atoms with van der Waals surface area (Å²) in [6, 6.07) is 14.9. The van der Waals surface area contributed by atoms with Gasteiger partial charge in [0, 0.05) is 12.3 Å². The number of rotatable bonds is 5. The van der Waals surface area contributed by atoms with Crippen LogP contribution in [0.4, 0.5) is 0 Å². The number of benzene rings is 1. The number of hydrazone groups is 1. The minimum atomic E-state index is -0.400. The third kappa shape index (κ3) is 3.82. The molecular weight excluding hydrogens is 292 g/mol. The molecule has 0 aliphatic heterocycles. The average molecular weight is 306 g/mol.